The molecule has 174 valence electrons. The van der Waals surface area contributed by atoms with Crippen molar-refractivity contribution < 1.29 is 23.5 Å². The maximum Gasteiger partial charge on any atom is 0.340 e. The molecule has 0 unspecified atom stereocenters. The van der Waals surface area contributed by atoms with Gasteiger partial charge >= 0.3 is 5.63 Å². The third-order valence-electron chi connectivity index (χ3n) is 6.08. The summed E-state index contributed by atoms with van der Waals surface area (Å²) in [5.41, 5.74) is 3.24. The lowest BCUT2D eigenvalue weighted by molar-refractivity contribution is -0.308. The molecule has 0 saturated heterocycles. The number of carbonyl (C=O) groups excluding carboxylic acids is 2. The Kier molecular flexibility index (Phi) is 5.66. The van der Waals surface area contributed by atoms with E-state index in [1.807, 2.05) is 36.4 Å². The van der Waals surface area contributed by atoms with Crippen LogP contribution >= 0.6 is 0 Å². The molecule has 3 aromatic carbocycles. The number of amides is 1. The third-order valence-corrected chi connectivity index (χ3v) is 6.08. The van der Waals surface area contributed by atoms with Gasteiger partial charge in [-0.05, 0) is 29.7 Å². The largest absolute Gasteiger partial charge is 0.548 e. The predicted octanol–water partition coefficient (Wildman–Crippen LogP) is 3.66. The summed E-state index contributed by atoms with van der Waals surface area (Å²) in [7, 11) is 0. The minimum Gasteiger partial charge on any atom is -0.548 e. The number of aryl methyl sites for hydroxylation is 1. The Morgan fingerprint density at radius 2 is 1.63 bits per heavy atom. The zero-order valence-electron chi connectivity index (χ0n) is 18.7. The van der Waals surface area contributed by atoms with Crippen LogP contribution in [0.4, 0.5) is 0 Å². The van der Waals surface area contributed by atoms with Crippen molar-refractivity contribution in [3.05, 3.63) is 106 Å². The highest BCUT2D eigenvalue weighted by Crippen LogP contribution is 2.34. The van der Waals surface area contributed by atoms with Gasteiger partial charge in [0.25, 0.3) is 0 Å². The summed E-state index contributed by atoms with van der Waals surface area (Å²) >= 11 is 0. The van der Waals surface area contributed by atoms with Gasteiger partial charge in [0.05, 0.1) is 30.3 Å². The first kappa shape index (κ1) is 22.2. The Hall–Kier alpha value is -4.65. The summed E-state index contributed by atoms with van der Waals surface area (Å²) in [5, 5.41) is 15.6. The van der Waals surface area contributed by atoms with E-state index in [0.29, 0.717) is 27.7 Å². The van der Waals surface area contributed by atoms with Crippen molar-refractivity contribution in [1.82, 2.24) is 5.32 Å². The topological polar surface area (TPSA) is 113 Å². The fourth-order valence-electron chi connectivity index (χ4n) is 4.25. The molecule has 1 N–H and O–H groups in total. The summed E-state index contributed by atoms with van der Waals surface area (Å²) in [6.07, 6.45) is 1.32. The highest BCUT2D eigenvalue weighted by Gasteiger charge is 2.20. The summed E-state index contributed by atoms with van der Waals surface area (Å²) < 4.78 is 11.2. The number of carbonyl (C=O) groups is 2. The monoisotopic (exact) mass is 466 g/mol. The van der Waals surface area contributed by atoms with Crippen molar-refractivity contribution in [3.8, 4) is 11.1 Å². The number of aliphatic carboxylic acids is 1. The lowest BCUT2D eigenvalue weighted by Crippen LogP contribution is -2.42. The number of carboxylic acids is 1. The molecule has 2 aromatic heterocycles. The standard InChI is InChI=1S/C28H21NO6/c1-16-19-12-21-22(17-8-4-2-5-9-17)15-34-23(21)14-24(19)35-28(33)20(16)13-25(30)29-26(27(31)32)18-10-6-3-7-11-18/h2-12,14-15,26H,13H2,1H3,(H,29,30)(H,31,32)/p-1/t26-/m0/s1. The second-order valence-corrected chi connectivity index (χ2v) is 8.26. The Labute approximate surface area is 199 Å². The summed E-state index contributed by atoms with van der Waals surface area (Å²) in [5.74, 6) is -2.07. The SMILES string of the molecule is Cc1c(CC(=O)N[C@H](C(=O)[O-])c2ccccc2)c(=O)oc2cc3occ(-c4ccccc4)c3cc12. The van der Waals surface area contributed by atoms with Gasteiger partial charge in [-0.1, -0.05) is 60.7 Å². The molecule has 0 spiro atoms. The van der Waals surface area contributed by atoms with E-state index in [2.05, 4.69) is 5.32 Å². The molecule has 7 heteroatoms. The van der Waals surface area contributed by atoms with Crippen molar-refractivity contribution in [2.45, 2.75) is 19.4 Å². The molecule has 0 aliphatic rings. The number of carboxylic acid groups (broad SMARTS) is 1. The van der Waals surface area contributed by atoms with Gasteiger partial charge in [0.15, 0.2) is 0 Å². The molecule has 7 nitrogen and oxygen atoms in total. The van der Waals surface area contributed by atoms with Gasteiger partial charge in [0.2, 0.25) is 5.91 Å². The highest BCUT2D eigenvalue weighted by atomic mass is 16.4. The molecule has 5 rings (SSSR count). The molecule has 2 heterocycles. The number of fused-ring (bicyclic) bond motifs is 2. The smallest absolute Gasteiger partial charge is 0.340 e. The number of furan rings is 1. The molecule has 0 fully saturated rings. The molecule has 5 aromatic rings. The molecule has 0 radical (unpaired) electrons. The number of hydrogen-bond donors (Lipinski definition) is 1. The van der Waals surface area contributed by atoms with Crippen molar-refractivity contribution in [2.24, 2.45) is 0 Å². The number of benzene rings is 3. The molecule has 0 aliphatic heterocycles. The number of hydrogen-bond acceptors (Lipinski definition) is 6. The van der Waals surface area contributed by atoms with Gasteiger partial charge in [0, 0.05) is 22.4 Å². The van der Waals surface area contributed by atoms with Crippen LogP contribution in [0.25, 0.3) is 33.1 Å². The average molecular weight is 466 g/mol. The van der Waals surface area contributed by atoms with E-state index in [1.165, 1.54) is 0 Å². The van der Waals surface area contributed by atoms with Crippen molar-refractivity contribution in [3.63, 3.8) is 0 Å². The summed E-state index contributed by atoms with van der Waals surface area (Å²) in [6.45, 7) is 1.74. The van der Waals surface area contributed by atoms with E-state index in [1.54, 1.807) is 49.6 Å². The van der Waals surface area contributed by atoms with Crippen LogP contribution < -0.4 is 16.0 Å². The predicted molar refractivity (Wildman–Crippen MR) is 128 cm³/mol. The van der Waals surface area contributed by atoms with Crippen LogP contribution in [-0.2, 0) is 16.0 Å². The van der Waals surface area contributed by atoms with E-state index < -0.39 is 23.5 Å². The maximum atomic E-state index is 12.8. The normalized spacial score (nSPS) is 12.0. The van der Waals surface area contributed by atoms with Crippen LogP contribution in [0.2, 0.25) is 0 Å². The molecule has 1 atom stereocenters. The van der Waals surface area contributed by atoms with Crippen LogP contribution in [0.3, 0.4) is 0 Å². The Bertz CT molecular complexity index is 1620. The summed E-state index contributed by atoms with van der Waals surface area (Å²) in [6, 6.07) is 20.2. The third kappa shape index (κ3) is 4.19. The van der Waals surface area contributed by atoms with Crippen LogP contribution in [0.15, 0.2) is 92.7 Å². The second-order valence-electron chi connectivity index (χ2n) is 8.26. The van der Waals surface area contributed by atoms with E-state index in [9.17, 15) is 19.5 Å². The molecular weight excluding hydrogens is 446 g/mol. The van der Waals surface area contributed by atoms with Crippen LogP contribution in [-0.4, -0.2) is 11.9 Å². The number of nitrogens with one attached hydrogen (secondary N) is 1. The molecule has 0 aliphatic carbocycles. The van der Waals surface area contributed by atoms with Crippen molar-refractivity contribution in [2.75, 3.05) is 0 Å². The van der Waals surface area contributed by atoms with Crippen LogP contribution in [0, 0.1) is 6.92 Å². The van der Waals surface area contributed by atoms with E-state index >= 15 is 0 Å². The quantitative estimate of drug-likeness (QED) is 0.382. The van der Waals surface area contributed by atoms with Gasteiger partial charge in [-0.25, -0.2) is 4.79 Å². The Morgan fingerprint density at radius 1 is 0.943 bits per heavy atom. The van der Waals surface area contributed by atoms with Crippen molar-refractivity contribution in [1.29, 1.82) is 0 Å². The fraction of sp³-hybridized carbons (Fsp3) is 0.107. The van der Waals surface area contributed by atoms with Crippen LogP contribution in [0.1, 0.15) is 22.7 Å². The van der Waals surface area contributed by atoms with E-state index in [4.69, 9.17) is 8.83 Å². The minimum absolute atomic E-state index is 0.157. The molecule has 0 bridgehead atoms. The van der Waals surface area contributed by atoms with Gasteiger partial charge in [-0.2, -0.15) is 0 Å². The van der Waals surface area contributed by atoms with Gasteiger partial charge in [-0.15, -0.1) is 0 Å². The Morgan fingerprint density at radius 3 is 2.31 bits per heavy atom. The van der Waals surface area contributed by atoms with E-state index in [-0.39, 0.29) is 12.0 Å². The van der Waals surface area contributed by atoms with Gasteiger partial charge < -0.3 is 24.1 Å². The average Bonchev–Trinajstić information content (AvgIpc) is 3.28. The number of rotatable bonds is 6. The lowest BCUT2D eigenvalue weighted by Gasteiger charge is -2.20. The van der Waals surface area contributed by atoms with Gasteiger partial charge in [-0.3, -0.25) is 4.79 Å². The molecule has 35 heavy (non-hydrogen) atoms. The summed E-state index contributed by atoms with van der Waals surface area (Å²) in [4.78, 5) is 37.1. The second kappa shape index (κ2) is 8.95. The highest BCUT2D eigenvalue weighted by molar-refractivity contribution is 6.02. The zero-order valence-corrected chi connectivity index (χ0v) is 18.7. The zero-order chi connectivity index (χ0) is 24.5. The maximum absolute atomic E-state index is 12.8. The van der Waals surface area contributed by atoms with Crippen LogP contribution in [0.5, 0.6) is 0 Å². The lowest BCUT2D eigenvalue weighted by atomic mass is 9.99. The minimum atomic E-state index is -1.44. The van der Waals surface area contributed by atoms with Crippen molar-refractivity contribution >= 4 is 33.8 Å². The first-order chi connectivity index (χ1) is 16.9. The molecule has 0 saturated carbocycles. The molecule has 1 amide bonds. The van der Waals surface area contributed by atoms with E-state index in [0.717, 1.165) is 16.5 Å². The first-order valence-electron chi connectivity index (χ1n) is 11.0. The fourth-order valence-corrected chi connectivity index (χ4v) is 4.25. The Balaban J connectivity index is 1.51. The molecular formula is C28H20NO6-. The first-order valence-corrected chi connectivity index (χ1v) is 11.0. The van der Waals surface area contributed by atoms with Gasteiger partial charge in [0.1, 0.15) is 11.2 Å².